The van der Waals surface area contributed by atoms with Gasteiger partial charge in [0.15, 0.2) is 0 Å². The molecule has 2 fully saturated rings. The molecule has 1 aliphatic carbocycles. The van der Waals surface area contributed by atoms with Gasteiger partial charge in [0.05, 0.1) is 6.10 Å². The minimum atomic E-state index is 0.358. The average Bonchev–Trinajstić information content (AvgIpc) is 3.11. The Morgan fingerprint density at radius 2 is 2.29 bits per heavy atom. The van der Waals surface area contributed by atoms with E-state index in [9.17, 15) is 0 Å². The third-order valence-electron chi connectivity index (χ3n) is 3.87. The molecule has 92 valence electrons. The van der Waals surface area contributed by atoms with E-state index in [2.05, 4.69) is 23.3 Å². The number of nitrogens with one attached hydrogen (secondary N) is 1. The van der Waals surface area contributed by atoms with Crippen molar-refractivity contribution in [2.45, 2.75) is 44.4 Å². The normalized spacial score (nSPS) is 30.4. The van der Waals surface area contributed by atoms with Crippen LogP contribution in [-0.4, -0.2) is 23.7 Å². The zero-order valence-electron chi connectivity index (χ0n) is 10.3. The number of ether oxygens (including phenoxy) is 1. The van der Waals surface area contributed by atoms with Crippen molar-refractivity contribution in [3.05, 3.63) is 30.1 Å². The van der Waals surface area contributed by atoms with Crippen LogP contribution < -0.4 is 5.32 Å². The number of rotatable bonds is 4. The van der Waals surface area contributed by atoms with Crippen LogP contribution in [0, 0.1) is 5.92 Å². The van der Waals surface area contributed by atoms with E-state index in [-0.39, 0.29) is 0 Å². The van der Waals surface area contributed by atoms with Crippen LogP contribution in [0.3, 0.4) is 0 Å². The van der Waals surface area contributed by atoms with E-state index in [1.807, 2.05) is 18.5 Å². The molecule has 1 N–H and O–H groups in total. The lowest BCUT2D eigenvalue weighted by molar-refractivity contribution is 0.0793. The van der Waals surface area contributed by atoms with Crippen LogP contribution in [-0.2, 0) is 4.74 Å². The van der Waals surface area contributed by atoms with Gasteiger partial charge in [0, 0.05) is 31.1 Å². The first-order valence-corrected chi connectivity index (χ1v) is 6.62. The first-order valence-electron chi connectivity index (χ1n) is 6.62. The maximum atomic E-state index is 5.85. The summed E-state index contributed by atoms with van der Waals surface area (Å²) >= 11 is 0. The first-order chi connectivity index (χ1) is 8.34. The summed E-state index contributed by atoms with van der Waals surface area (Å²) in [6.07, 6.45) is 8.07. The molecule has 2 heterocycles. The summed E-state index contributed by atoms with van der Waals surface area (Å²) in [6.45, 7) is 3.12. The van der Waals surface area contributed by atoms with E-state index in [0.717, 1.165) is 18.9 Å². The lowest BCUT2D eigenvalue weighted by Gasteiger charge is -2.24. The Morgan fingerprint density at radius 1 is 1.41 bits per heavy atom. The number of aromatic nitrogens is 1. The smallest absolute Gasteiger partial charge is 0.0757 e. The van der Waals surface area contributed by atoms with Crippen molar-refractivity contribution in [2.75, 3.05) is 6.61 Å². The van der Waals surface area contributed by atoms with E-state index in [1.165, 1.54) is 18.4 Å². The fraction of sp³-hybridized carbons (Fsp3) is 0.643. The Labute approximate surface area is 103 Å². The number of pyridine rings is 1. The quantitative estimate of drug-likeness (QED) is 0.865. The van der Waals surface area contributed by atoms with Crippen molar-refractivity contribution in [1.82, 2.24) is 10.3 Å². The lowest BCUT2D eigenvalue weighted by Crippen LogP contribution is -2.39. The standard InChI is InChI=1S/C14H20N2O/c1-10(12-3-2-7-15-9-12)16-13-6-8-17-14(13)11-4-5-11/h2-3,7,9-11,13-14,16H,4-6,8H2,1H3. The zero-order chi connectivity index (χ0) is 11.7. The second-order valence-corrected chi connectivity index (χ2v) is 5.24. The fourth-order valence-corrected chi connectivity index (χ4v) is 2.73. The molecule has 0 radical (unpaired) electrons. The molecule has 1 saturated heterocycles. The van der Waals surface area contributed by atoms with Crippen LogP contribution in [0.1, 0.15) is 37.8 Å². The molecule has 0 amide bonds. The Hall–Kier alpha value is -0.930. The van der Waals surface area contributed by atoms with E-state index in [4.69, 9.17) is 4.74 Å². The molecular weight excluding hydrogens is 212 g/mol. The molecule has 0 aromatic carbocycles. The van der Waals surface area contributed by atoms with Crippen LogP contribution in [0.2, 0.25) is 0 Å². The molecular formula is C14H20N2O. The van der Waals surface area contributed by atoms with Crippen LogP contribution in [0.4, 0.5) is 0 Å². The van der Waals surface area contributed by atoms with Gasteiger partial charge in [0.1, 0.15) is 0 Å². The van der Waals surface area contributed by atoms with Gasteiger partial charge in [0.2, 0.25) is 0 Å². The number of hydrogen-bond acceptors (Lipinski definition) is 3. The van der Waals surface area contributed by atoms with Crippen LogP contribution in [0.5, 0.6) is 0 Å². The van der Waals surface area contributed by atoms with Gasteiger partial charge >= 0.3 is 0 Å². The summed E-state index contributed by atoms with van der Waals surface area (Å²) < 4.78 is 5.85. The summed E-state index contributed by atoms with van der Waals surface area (Å²) in [4.78, 5) is 4.18. The Morgan fingerprint density at radius 3 is 3.00 bits per heavy atom. The third kappa shape index (κ3) is 2.50. The van der Waals surface area contributed by atoms with Gasteiger partial charge in [0.25, 0.3) is 0 Å². The predicted molar refractivity (Wildman–Crippen MR) is 66.7 cm³/mol. The molecule has 3 atom stereocenters. The van der Waals surface area contributed by atoms with Crippen molar-refractivity contribution >= 4 is 0 Å². The molecule has 1 aliphatic heterocycles. The number of hydrogen-bond donors (Lipinski definition) is 1. The summed E-state index contributed by atoms with van der Waals surface area (Å²) in [5.41, 5.74) is 1.26. The van der Waals surface area contributed by atoms with E-state index < -0.39 is 0 Å². The molecule has 0 bridgehead atoms. The van der Waals surface area contributed by atoms with Gasteiger partial charge in [-0.1, -0.05) is 6.07 Å². The summed E-state index contributed by atoms with van der Waals surface area (Å²) in [7, 11) is 0. The highest BCUT2D eigenvalue weighted by atomic mass is 16.5. The van der Waals surface area contributed by atoms with Gasteiger partial charge in [-0.05, 0) is 43.7 Å². The van der Waals surface area contributed by atoms with Crippen LogP contribution in [0.25, 0.3) is 0 Å². The highest BCUT2D eigenvalue weighted by Gasteiger charge is 2.40. The molecule has 3 heteroatoms. The van der Waals surface area contributed by atoms with Crippen LogP contribution in [0.15, 0.2) is 24.5 Å². The van der Waals surface area contributed by atoms with Crippen LogP contribution >= 0.6 is 0 Å². The summed E-state index contributed by atoms with van der Waals surface area (Å²) in [6, 6.07) is 5.01. The second kappa shape index (κ2) is 4.75. The third-order valence-corrected chi connectivity index (χ3v) is 3.87. The molecule has 1 saturated carbocycles. The SMILES string of the molecule is CC(NC1CCOC1C1CC1)c1cccnc1. The molecule has 2 aliphatic rings. The Balaban J connectivity index is 1.62. The average molecular weight is 232 g/mol. The van der Waals surface area contributed by atoms with Gasteiger partial charge in [-0.3, -0.25) is 4.98 Å². The Bertz CT molecular complexity index is 364. The van der Waals surface area contributed by atoms with E-state index in [1.54, 1.807) is 0 Å². The van der Waals surface area contributed by atoms with Gasteiger partial charge in [-0.15, -0.1) is 0 Å². The predicted octanol–water partition coefficient (Wildman–Crippen LogP) is 2.30. The van der Waals surface area contributed by atoms with Gasteiger partial charge in [-0.2, -0.15) is 0 Å². The monoisotopic (exact) mass is 232 g/mol. The molecule has 17 heavy (non-hydrogen) atoms. The van der Waals surface area contributed by atoms with Crippen molar-refractivity contribution in [3.8, 4) is 0 Å². The highest BCUT2D eigenvalue weighted by molar-refractivity contribution is 5.13. The second-order valence-electron chi connectivity index (χ2n) is 5.24. The maximum Gasteiger partial charge on any atom is 0.0757 e. The molecule has 3 nitrogen and oxygen atoms in total. The number of nitrogens with zero attached hydrogens (tertiary/aromatic N) is 1. The summed E-state index contributed by atoms with van der Waals surface area (Å²) in [5, 5.41) is 3.70. The van der Waals surface area contributed by atoms with Crippen molar-refractivity contribution in [3.63, 3.8) is 0 Å². The minimum Gasteiger partial charge on any atom is -0.376 e. The van der Waals surface area contributed by atoms with Crippen molar-refractivity contribution in [1.29, 1.82) is 0 Å². The lowest BCUT2D eigenvalue weighted by atomic mass is 10.0. The van der Waals surface area contributed by atoms with E-state index in [0.29, 0.717) is 18.2 Å². The topological polar surface area (TPSA) is 34.1 Å². The first kappa shape index (κ1) is 11.2. The largest absolute Gasteiger partial charge is 0.376 e. The zero-order valence-corrected chi connectivity index (χ0v) is 10.3. The molecule has 3 rings (SSSR count). The maximum absolute atomic E-state index is 5.85. The molecule has 1 aromatic heterocycles. The summed E-state index contributed by atoms with van der Waals surface area (Å²) in [5.74, 6) is 0.816. The van der Waals surface area contributed by atoms with Crippen molar-refractivity contribution < 1.29 is 4.74 Å². The van der Waals surface area contributed by atoms with Gasteiger partial charge in [-0.25, -0.2) is 0 Å². The fourth-order valence-electron chi connectivity index (χ4n) is 2.73. The molecule has 1 aromatic rings. The van der Waals surface area contributed by atoms with Gasteiger partial charge < -0.3 is 10.1 Å². The van der Waals surface area contributed by atoms with Crippen molar-refractivity contribution in [2.24, 2.45) is 5.92 Å². The Kier molecular flexibility index (Phi) is 3.12. The minimum absolute atomic E-state index is 0.358. The van der Waals surface area contributed by atoms with E-state index >= 15 is 0 Å². The highest BCUT2D eigenvalue weighted by Crippen LogP contribution is 2.39. The molecule has 3 unspecified atom stereocenters. The molecule has 0 spiro atoms.